The van der Waals surface area contributed by atoms with Crippen LogP contribution in [0, 0.1) is 23.7 Å². The van der Waals surface area contributed by atoms with Crippen LogP contribution in [0.3, 0.4) is 0 Å². The van der Waals surface area contributed by atoms with Crippen LogP contribution < -0.4 is 5.32 Å². The highest BCUT2D eigenvalue weighted by Crippen LogP contribution is 2.38. The summed E-state index contributed by atoms with van der Waals surface area (Å²) < 4.78 is 0. The predicted octanol–water partition coefficient (Wildman–Crippen LogP) is 2.13. The number of carbonyl (C=O) groups is 1. The van der Waals surface area contributed by atoms with Crippen LogP contribution in [0.4, 0.5) is 0 Å². The van der Waals surface area contributed by atoms with E-state index in [-0.39, 0.29) is 0 Å². The van der Waals surface area contributed by atoms with Crippen molar-refractivity contribution in [2.45, 2.75) is 39.5 Å². The molecule has 1 N–H and O–H groups in total. The van der Waals surface area contributed by atoms with Gasteiger partial charge in [-0.3, -0.25) is 4.79 Å². The van der Waals surface area contributed by atoms with E-state index in [1.54, 1.807) is 0 Å². The molecule has 2 fully saturated rings. The molecule has 1 aliphatic heterocycles. The maximum atomic E-state index is 12.2. The highest BCUT2D eigenvalue weighted by Gasteiger charge is 2.34. The van der Waals surface area contributed by atoms with Crippen LogP contribution in [0.2, 0.25) is 0 Å². The first-order valence-corrected chi connectivity index (χ1v) is 7.52. The second-order valence-corrected chi connectivity index (χ2v) is 6.54. The van der Waals surface area contributed by atoms with Crippen molar-refractivity contribution in [1.29, 1.82) is 0 Å². The Hall–Kier alpha value is -0.570. The predicted molar refractivity (Wildman–Crippen MR) is 74.3 cm³/mol. The summed E-state index contributed by atoms with van der Waals surface area (Å²) in [6.07, 6.45) is 4.58. The number of piperidine rings is 1. The number of hydrogen-bond acceptors (Lipinski definition) is 2. The van der Waals surface area contributed by atoms with Crippen LogP contribution in [0.25, 0.3) is 0 Å². The van der Waals surface area contributed by atoms with E-state index in [0.717, 1.165) is 37.9 Å². The molecule has 2 aliphatic rings. The zero-order chi connectivity index (χ0) is 13.1. The van der Waals surface area contributed by atoms with Crippen molar-refractivity contribution < 1.29 is 4.79 Å². The Balaban J connectivity index is 1.71. The fourth-order valence-electron chi connectivity index (χ4n) is 3.07. The lowest BCUT2D eigenvalue weighted by atomic mass is 9.85. The summed E-state index contributed by atoms with van der Waals surface area (Å²) in [7, 11) is 1.97. The quantitative estimate of drug-likeness (QED) is 0.813. The largest absolute Gasteiger partial charge is 0.345 e. The fraction of sp³-hybridized carbons (Fsp3) is 0.933. The van der Waals surface area contributed by atoms with Crippen LogP contribution in [-0.4, -0.2) is 37.5 Å². The van der Waals surface area contributed by atoms with Crippen molar-refractivity contribution in [3.63, 3.8) is 0 Å². The van der Waals surface area contributed by atoms with E-state index in [0.29, 0.717) is 17.7 Å². The van der Waals surface area contributed by atoms with Gasteiger partial charge >= 0.3 is 0 Å². The summed E-state index contributed by atoms with van der Waals surface area (Å²) in [6.45, 7) is 7.73. The van der Waals surface area contributed by atoms with Gasteiger partial charge in [-0.1, -0.05) is 13.8 Å². The van der Waals surface area contributed by atoms with E-state index in [9.17, 15) is 4.79 Å². The fourth-order valence-corrected chi connectivity index (χ4v) is 3.07. The first-order valence-electron chi connectivity index (χ1n) is 7.52. The molecule has 0 radical (unpaired) electrons. The molecular weight excluding hydrogens is 224 g/mol. The Labute approximate surface area is 111 Å². The van der Waals surface area contributed by atoms with Gasteiger partial charge in [0.15, 0.2) is 0 Å². The van der Waals surface area contributed by atoms with E-state index >= 15 is 0 Å². The Morgan fingerprint density at radius 1 is 1.50 bits per heavy atom. The smallest absolute Gasteiger partial charge is 0.222 e. The molecule has 0 aromatic carbocycles. The van der Waals surface area contributed by atoms with Gasteiger partial charge in [-0.05, 0) is 56.0 Å². The monoisotopic (exact) mass is 252 g/mol. The van der Waals surface area contributed by atoms with Gasteiger partial charge in [-0.15, -0.1) is 0 Å². The molecule has 0 aromatic rings. The first kappa shape index (κ1) is 13.9. The van der Waals surface area contributed by atoms with Gasteiger partial charge in [0.2, 0.25) is 5.91 Å². The minimum Gasteiger partial charge on any atom is -0.345 e. The summed E-state index contributed by atoms with van der Waals surface area (Å²) in [5.74, 6) is 3.15. The van der Waals surface area contributed by atoms with Gasteiger partial charge in [-0.2, -0.15) is 0 Å². The summed E-state index contributed by atoms with van der Waals surface area (Å²) in [5, 5.41) is 3.44. The van der Waals surface area contributed by atoms with Crippen LogP contribution in [-0.2, 0) is 4.79 Å². The average Bonchev–Trinajstić information content (AvgIpc) is 3.05. The maximum absolute atomic E-state index is 12.2. The summed E-state index contributed by atoms with van der Waals surface area (Å²) in [6, 6.07) is 0. The van der Waals surface area contributed by atoms with Crippen molar-refractivity contribution in [2.24, 2.45) is 23.7 Å². The molecule has 104 valence electrons. The van der Waals surface area contributed by atoms with E-state index < -0.39 is 0 Å². The first-order chi connectivity index (χ1) is 8.58. The van der Waals surface area contributed by atoms with Gasteiger partial charge in [0.05, 0.1) is 0 Å². The Morgan fingerprint density at radius 3 is 2.78 bits per heavy atom. The van der Waals surface area contributed by atoms with Gasteiger partial charge in [0, 0.05) is 20.0 Å². The van der Waals surface area contributed by atoms with Crippen LogP contribution in [0.1, 0.15) is 39.5 Å². The highest BCUT2D eigenvalue weighted by atomic mass is 16.2. The summed E-state index contributed by atoms with van der Waals surface area (Å²) in [4.78, 5) is 14.1. The Bertz CT molecular complexity index is 286. The minimum absolute atomic E-state index is 0.340. The van der Waals surface area contributed by atoms with E-state index in [2.05, 4.69) is 19.2 Å². The van der Waals surface area contributed by atoms with Gasteiger partial charge in [0.25, 0.3) is 0 Å². The van der Waals surface area contributed by atoms with Crippen molar-refractivity contribution in [3.05, 3.63) is 0 Å². The Kier molecular flexibility index (Phi) is 4.66. The molecule has 2 rings (SSSR count). The highest BCUT2D eigenvalue weighted by molar-refractivity contribution is 5.76. The molecule has 1 saturated heterocycles. The lowest BCUT2D eigenvalue weighted by Crippen LogP contribution is -2.36. The third-order valence-electron chi connectivity index (χ3n) is 4.85. The molecule has 0 aromatic heterocycles. The standard InChI is InChI=1S/C15H28N2O/c1-11-7-14(11)10-17(3)15(18)8-12(2)13-5-4-6-16-9-13/h11-14,16H,4-10H2,1-3H3. The van der Waals surface area contributed by atoms with E-state index in [1.165, 1.54) is 19.3 Å². The molecule has 4 atom stereocenters. The maximum Gasteiger partial charge on any atom is 0.222 e. The zero-order valence-corrected chi connectivity index (χ0v) is 12.1. The molecule has 1 aliphatic carbocycles. The topological polar surface area (TPSA) is 32.3 Å². The second-order valence-electron chi connectivity index (χ2n) is 6.54. The molecule has 0 spiro atoms. The molecule has 4 unspecified atom stereocenters. The van der Waals surface area contributed by atoms with Crippen molar-refractivity contribution in [1.82, 2.24) is 10.2 Å². The molecule has 1 saturated carbocycles. The molecule has 18 heavy (non-hydrogen) atoms. The second kappa shape index (κ2) is 6.05. The number of nitrogens with one attached hydrogen (secondary N) is 1. The van der Waals surface area contributed by atoms with E-state index in [1.807, 2.05) is 11.9 Å². The van der Waals surface area contributed by atoms with Gasteiger partial charge in [-0.25, -0.2) is 0 Å². The molecule has 0 bridgehead atoms. The molecular formula is C15H28N2O. The number of nitrogens with zero attached hydrogens (tertiary/aromatic N) is 1. The molecule has 1 heterocycles. The van der Waals surface area contributed by atoms with Crippen molar-refractivity contribution in [3.8, 4) is 0 Å². The van der Waals surface area contributed by atoms with Gasteiger partial charge in [0.1, 0.15) is 0 Å². The zero-order valence-electron chi connectivity index (χ0n) is 12.1. The SMILES string of the molecule is CC(CC(=O)N(C)CC1CC1C)C1CCCNC1. The van der Waals surface area contributed by atoms with Crippen LogP contribution in [0.15, 0.2) is 0 Å². The van der Waals surface area contributed by atoms with Gasteiger partial charge < -0.3 is 10.2 Å². The summed E-state index contributed by atoms with van der Waals surface area (Å²) >= 11 is 0. The number of amides is 1. The molecule has 3 nitrogen and oxygen atoms in total. The third-order valence-corrected chi connectivity index (χ3v) is 4.85. The Morgan fingerprint density at radius 2 is 2.22 bits per heavy atom. The molecule has 3 heteroatoms. The number of carbonyl (C=O) groups excluding carboxylic acids is 1. The summed E-state index contributed by atoms with van der Waals surface area (Å²) in [5.41, 5.74) is 0. The lowest BCUT2D eigenvalue weighted by Gasteiger charge is -2.29. The average molecular weight is 252 g/mol. The number of rotatable bonds is 5. The minimum atomic E-state index is 0.340. The normalized spacial score (nSPS) is 32.9. The van der Waals surface area contributed by atoms with Crippen molar-refractivity contribution in [2.75, 3.05) is 26.7 Å². The van der Waals surface area contributed by atoms with E-state index in [4.69, 9.17) is 0 Å². The number of hydrogen-bond donors (Lipinski definition) is 1. The third kappa shape index (κ3) is 3.71. The van der Waals surface area contributed by atoms with Crippen molar-refractivity contribution >= 4 is 5.91 Å². The molecule has 1 amide bonds. The van der Waals surface area contributed by atoms with Crippen LogP contribution in [0.5, 0.6) is 0 Å². The lowest BCUT2D eigenvalue weighted by molar-refractivity contribution is -0.131. The van der Waals surface area contributed by atoms with Crippen LogP contribution >= 0.6 is 0 Å².